The number of para-hydroxylation sites is 1. The number of anilines is 1. The molecule has 1 unspecified atom stereocenters. The van der Waals surface area contributed by atoms with Gasteiger partial charge < -0.3 is 15.3 Å². The normalized spacial score (nSPS) is 12.3. The Hall–Kier alpha value is -1.27. The first-order chi connectivity index (χ1) is 9.47. The number of hydrogen-bond acceptors (Lipinski definition) is 3. The number of thioether (sulfide) groups is 1. The third kappa shape index (κ3) is 4.68. The first-order valence-corrected chi connectivity index (χ1v) is 7.53. The van der Waals surface area contributed by atoms with Gasteiger partial charge in [0, 0.05) is 12.8 Å². The summed E-state index contributed by atoms with van der Waals surface area (Å²) in [6, 6.07) is 5.70. The van der Waals surface area contributed by atoms with Crippen molar-refractivity contribution in [3.63, 3.8) is 0 Å². The Morgan fingerprint density at radius 2 is 2.10 bits per heavy atom. The zero-order valence-corrected chi connectivity index (χ0v) is 12.8. The minimum atomic E-state index is -0.460. The number of carbonyl (C=O) groups is 1. The van der Waals surface area contributed by atoms with Gasteiger partial charge in [0.15, 0.2) is 0 Å². The molecule has 0 spiro atoms. The highest BCUT2D eigenvalue weighted by atomic mass is 32.2. The zero-order chi connectivity index (χ0) is 15.1. The van der Waals surface area contributed by atoms with Gasteiger partial charge in [-0.15, -0.1) is 11.8 Å². The Balaban J connectivity index is 2.71. The van der Waals surface area contributed by atoms with Crippen LogP contribution in [0.25, 0.3) is 0 Å². The number of amides is 2. The number of rotatable bonds is 6. The lowest BCUT2D eigenvalue weighted by atomic mass is 10.2. The van der Waals surface area contributed by atoms with Crippen LogP contribution in [0.4, 0.5) is 14.9 Å². The SMILES string of the molecule is CC(C)C(SCCO)N(C)C(=O)Nc1ccccc1F. The van der Waals surface area contributed by atoms with Crippen molar-refractivity contribution in [3.8, 4) is 0 Å². The van der Waals surface area contributed by atoms with E-state index in [0.29, 0.717) is 5.75 Å². The van der Waals surface area contributed by atoms with E-state index in [1.165, 1.54) is 28.8 Å². The highest BCUT2D eigenvalue weighted by Gasteiger charge is 2.23. The van der Waals surface area contributed by atoms with E-state index in [1.54, 1.807) is 19.2 Å². The van der Waals surface area contributed by atoms with Crippen molar-refractivity contribution >= 4 is 23.5 Å². The number of carbonyl (C=O) groups excluding carboxylic acids is 1. The fraction of sp³-hybridized carbons (Fsp3) is 0.500. The van der Waals surface area contributed by atoms with Crippen LogP contribution in [0.15, 0.2) is 24.3 Å². The molecule has 1 aromatic carbocycles. The van der Waals surface area contributed by atoms with Crippen LogP contribution in [0.2, 0.25) is 0 Å². The molecule has 0 aliphatic carbocycles. The number of aliphatic hydroxyl groups excluding tert-OH is 1. The Bertz CT molecular complexity index is 443. The second-order valence-electron chi connectivity index (χ2n) is 4.75. The van der Waals surface area contributed by atoms with Crippen LogP contribution >= 0.6 is 11.8 Å². The summed E-state index contributed by atoms with van der Waals surface area (Å²) in [6.07, 6.45) is 0. The van der Waals surface area contributed by atoms with Crippen LogP contribution < -0.4 is 5.32 Å². The van der Waals surface area contributed by atoms with Crippen molar-refractivity contribution < 1.29 is 14.3 Å². The summed E-state index contributed by atoms with van der Waals surface area (Å²) in [6.45, 7) is 4.07. The Morgan fingerprint density at radius 3 is 2.65 bits per heavy atom. The number of nitrogens with one attached hydrogen (secondary N) is 1. The molecule has 4 nitrogen and oxygen atoms in total. The van der Waals surface area contributed by atoms with Crippen LogP contribution in [-0.4, -0.2) is 40.8 Å². The molecular weight excluding hydrogens is 279 g/mol. The second kappa shape index (κ2) is 8.11. The van der Waals surface area contributed by atoms with E-state index in [4.69, 9.17) is 5.11 Å². The minimum absolute atomic E-state index is 0.0661. The molecule has 2 amide bonds. The van der Waals surface area contributed by atoms with Gasteiger partial charge in [-0.2, -0.15) is 0 Å². The largest absolute Gasteiger partial charge is 0.396 e. The van der Waals surface area contributed by atoms with Crippen LogP contribution in [0, 0.1) is 11.7 Å². The zero-order valence-electron chi connectivity index (χ0n) is 12.0. The number of aliphatic hydroxyl groups is 1. The third-order valence-corrected chi connectivity index (χ3v) is 4.39. The summed E-state index contributed by atoms with van der Waals surface area (Å²) in [5, 5.41) is 11.4. The number of nitrogens with zero attached hydrogens (tertiary/aromatic N) is 1. The first kappa shape index (κ1) is 16.8. The molecule has 0 aliphatic heterocycles. The van der Waals surface area contributed by atoms with Gasteiger partial charge >= 0.3 is 6.03 Å². The molecule has 0 aromatic heterocycles. The summed E-state index contributed by atoms with van der Waals surface area (Å²) in [4.78, 5) is 13.7. The monoisotopic (exact) mass is 300 g/mol. The van der Waals surface area contributed by atoms with Crippen LogP contribution in [0.3, 0.4) is 0 Å². The van der Waals surface area contributed by atoms with Crippen LogP contribution in [-0.2, 0) is 0 Å². The molecule has 0 saturated heterocycles. The van der Waals surface area contributed by atoms with Crippen molar-refractivity contribution in [2.24, 2.45) is 5.92 Å². The standard InChI is InChI=1S/C14H21FN2O2S/c1-10(2)13(20-9-8-18)17(3)14(19)16-12-7-5-4-6-11(12)15/h4-7,10,13,18H,8-9H2,1-3H3,(H,16,19). The summed E-state index contributed by atoms with van der Waals surface area (Å²) >= 11 is 1.50. The van der Waals surface area contributed by atoms with Crippen molar-refractivity contribution in [1.29, 1.82) is 0 Å². The molecule has 112 valence electrons. The van der Waals surface area contributed by atoms with E-state index in [1.807, 2.05) is 13.8 Å². The van der Waals surface area contributed by atoms with Gasteiger partial charge in [-0.25, -0.2) is 9.18 Å². The maximum Gasteiger partial charge on any atom is 0.322 e. The van der Waals surface area contributed by atoms with E-state index in [9.17, 15) is 9.18 Å². The summed E-state index contributed by atoms with van der Waals surface area (Å²) in [5.74, 6) is 0.321. The minimum Gasteiger partial charge on any atom is -0.396 e. The molecule has 0 heterocycles. The van der Waals surface area contributed by atoms with Gasteiger partial charge in [0.25, 0.3) is 0 Å². The van der Waals surface area contributed by atoms with Crippen LogP contribution in [0.5, 0.6) is 0 Å². The molecule has 6 heteroatoms. The van der Waals surface area contributed by atoms with Crippen molar-refractivity contribution in [2.75, 3.05) is 24.7 Å². The van der Waals surface area contributed by atoms with E-state index in [0.717, 1.165) is 0 Å². The molecule has 0 bridgehead atoms. The number of halogens is 1. The Labute approximate surface area is 123 Å². The van der Waals surface area contributed by atoms with Gasteiger partial charge in [0.2, 0.25) is 0 Å². The Morgan fingerprint density at radius 1 is 1.45 bits per heavy atom. The molecule has 1 aromatic rings. The lowest BCUT2D eigenvalue weighted by Crippen LogP contribution is -2.41. The van der Waals surface area contributed by atoms with Crippen LogP contribution in [0.1, 0.15) is 13.8 Å². The number of benzene rings is 1. The summed E-state index contributed by atoms with van der Waals surface area (Å²) in [7, 11) is 1.67. The van der Waals surface area contributed by atoms with Crippen molar-refractivity contribution in [2.45, 2.75) is 19.2 Å². The van der Waals surface area contributed by atoms with E-state index in [-0.39, 0.29) is 29.6 Å². The molecule has 0 saturated carbocycles. The predicted octanol–water partition coefficient (Wildman–Crippen LogP) is 3.00. The van der Waals surface area contributed by atoms with Crippen molar-refractivity contribution in [3.05, 3.63) is 30.1 Å². The lowest BCUT2D eigenvalue weighted by molar-refractivity contribution is 0.210. The third-order valence-electron chi connectivity index (χ3n) is 2.77. The quantitative estimate of drug-likeness (QED) is 0.794. The average molecular weight is 300 g/mol. The topological polar surface area (TPSA) is 52.6 Å². The predicted molar refractivity (Wildman–Crippen MR) is 81.4 cm³/mol. The smallest absolute Gasteiger partial charge is 0.322 e. The van der Waals surface area contributed by atoms with E-state index >= 15 is 0 Å². The van der Waals surface area contributed by atoms with Crippen molar-refractivity contribution in [1.82, 2.24) is 4.90 Å². The maximum absolute atomic E-state index is 13.5. The highest BCUT2D eigenvalue weighted by molar-refractivity contribution is 7.99. The molecule has 2 N–H and O–H groups in total. The molecule has 1 rings (SSSR count). The van der Waals surface area contributed by atoms with Gasteiger partial charge in [-0.3, -0.25) is 0 Å². The molecule has 1 atom stereocenters. The molecule has 0 fully saturated rings. The van der Waals surface area contributed by atoms with E-state index in [2.05, 4.69) is 5.32 Å². The molecule has 0 aliphatic rings. The first-order valence-electron chi connectivity index (χ1n) is 6.48. The fourth-order valence-corrected chi connectivity index (χ4v) is 2.86. The molecule has 20 heavy (non-hydrogen) atoms. The summed E-state index contributed by atoms with van der Waals surface area (Å²) in [5.41, 5.74) is 0.166. The number of hydrogen-bond donors (Lipinski definition) is 2. The van der Waals surface area contributed by atoms with Gasteiger partial charge in [-0.1, -0.05) is 26.0 Å². The highest BCUT2D eigenvalue weighted by Crippen LogP contribution is 2.23. The maximum atomic E-state index is 13.5. The summed E-state index contributed by atoms with van der Waals surface area (Å²) < 4.78 is 13.5. The molecule has 0 radical (unpaired) electrons. The number of urea groups is 1. The second-order valence-corrected chi connectivity index (χ2v) is 5.97. The fourth-order valence-electron chi connectivity index (χ4n) is 1.81. The van der Waals surface area contributed by atoms with Gasteiger partial charge in [-0.05, 0) is 18.1 Å². The Kier molecular flexibility index (Phi) is 6.81. The van der Waals surface area contributed by atoms with E-state index < -0.39 is 5.82 Å². The molecular formula is C14H21FN2O2S. The average Bonchev–Trinajstić information content (AvgIpc) is 2.41. The van der Waals surface area contributed by atoms with Gasteiger partial charge in [0.05, 0.1) is 17.7 Å². The van der Waals surface area contributed by atoms with Gasteiger partial charge in [0.1, 0.15) is 5.82 Å². The lowest BCUT2D eigenvalue weighted by Gasteiger charge is -2.30.